The van der Waals surface area contributed by atoms with Crippen molar-refractivity contribution in [2.75, 3.05) is 19.8 Å². The number of carbonyl (C=O) groups excluding carboxylic acids is 1. The lowest BCUT2D eigenvalue weighted by molar-refractivity contribution is -0.359. The molecule has 0 aliphatic carbocycles. The Morgan fingerprint density at radius 2 is 0.740 bits per heavy atom. The zero-order valence-electron chi connectivity index (χ0n) is 49.5. The molecule has 2 rings (SSSR count). The third kappa shape index (κ3) is 34.9. The molecule has 0 saturated carbocycles. The van der Waals surface area contributed by atoms with Crippen molar-refractivity contribution in [3.63, 3.8) is 0 Å². The zero-order valence-corrected chi connectivity index (χ0v) is 49.5. The number of ether oxygens (including phenoxy) is 4. The van der Waals surface area contributed by atoms with Gasteiger partial charge in [0.25, 0.3) is 0 Å². The second kappa shape index (κ2) is 49.6. The van der Waals surface area contributed by atoms with Crippen molar-refractivity contribution >= 4 is 5.91 Å². The van der Waals surface area contributed by atoms with Gasteiger partial charge in [0.2, 0.25) is 5.91 Å². The van der Waals surface area contributed by atoms with Crippen LogP contribution < -0.4 is 5.32 Å². The fraction of sp³-hybridized carbons (Fsp3) is 0.984. The van der Waals surface area contributed by atoms with Gasteiger partial charge in [-0.3, -0.25) is 4.79 Å². The lowest BCUT2D eigenvalue weighted by Gasteiger charge is -2.46. The van der Waals surface area contributed by atoms with Gasteiger partial charge >= 0.3 is 0 Å². The van der Waals surface area contributed by atoms with Gasteiger partial charge in [-0.15, -0.1) is 0 Å². The second-order valence-corrected chi connectivity index (χ2v) is 23.6. The molecule has 77 heavy (non-hydrogen) atoms. The summed E-state index contributed by atoms with van der Waals surface area (Å²) >= 11 is 0. The molecule has 12 atom stereocenters. The van der Waals surface area contributed by atoms with Crippen LogP contribution in [-0.2, 0) is 23.7 Å². The standard InChI is InChI=1S/C63H123NO13/c1-3-5-7-9-10-11-12-13-14-15-16-17-18-19-20-21-22-23-24-25-26-27-28-29-30-31-32-33-34-35-36-37-38-39-40-41-43-45-47-55(68)64-51(52(67)46-44-42-8-6-4-2)50-74-62-60(73)58(71)61(54(49-66)76-62)77-63-59(72)57(70)56(69)53(48-65)75-63/h51-54,56-63,65-67,69-73H,3-50H2,1-2H3,(H,64,68). The van der Waals surface area contributed by atoms with Crippen LogP contribution in [0.2, 0.25) is 0 Å². The Hall–Kier alpha value is -1.01. The van der Waals surface area contributed by atoms with Gasteiger partial charge in [0.15, 0.2) is 12.6 Å². The maximum atomic E-state index is 13.1. The number of rotatable bonds is 54. The normalized spacial score (nSPS) is 24.6. The predicted octanol–water partition coefficient (Wildman–Crippen LogP) is 12.1. The quantitative estimate of drug-likeness (QED) is 0.0259. The summed E-state index contributed by atoms with van der Waals surface area (Å²) in [5.41, 5.74) is 0. The van der Waals surface area contributed by atoms with Crippen LogP contribution >= 0.6 is 0 Å². The Bertz CT molecular complexity index is 1300. The Morgan fingerprint density at radius 1 is 0.416 bits per heavy atom. The summed E-state index contributed by atoms with van der Waals surface area (Å²) in [6, 6.07) is -0.819. The summed E-state index contributed by atoms with van der Waals surface area (Å²) in [4.78, 5) is 13.1. The van der Waals surface area contributed by atoms with Gasteiger partial charge in [0, 0.05) is 6.42 Å². The largest absolute Gasteiger partial charge is 0.394 e. The van der Waals surface area contributed by atoms with Crippen molar-refractivity contribution in [2.45, 2.75) is 376 Å². The molecule has 2 saturated heterocycles. The molecule has 14 heteroatoms. The minimum Gasteiger partial charge on any atom is -0.394 e. The van der Waals surface area contributed by atoms with Crippen molar-refractivity contribution in [3.05, 3.63) is 0 Å². The second-order valence-electron chi connectivity index (χ2n) is 23.6. The van der Waals surface area contributed by atoms with E-state index in [2.05, 4.69) is 19.2 Å². The van der Waals surface area contributed by atoms with Gasteiger partial charge in [-0.05, 0) is 12.8 Å². The molecule has 458 valence electrons. The van der Waals surface area contributed by atoms with Crippen molar-refractivity contribution in [2.24, 2.45) is 0 Å². The number of hydrogen-bond acceptors (Lipinski definition) is 13. The van der Waals surface area contributed by atoms with E-state index in [4.69, 9.17) is 18.9 Å². The fourth-order valence-corrected chi connectivity index (χ4v) is 11.3. The molecule has 1 amide bonds. The SMILES string of the molecule is CCCCCCCCCCCCCCCCCCCCCCCCCCCCCCCCCCCCCCCCC(=O)NC(COC1OC(CO)C(OC2OC(CO)C(O)C(O)C2O)C(O)C1O)C(O)CCCCCCC. The molecule has 9 N–H and O–H groups in total. The Labute approximate surface area is 470 Å². The monoisotopic (exact) mass is 1100 g/mol. The first-order valence-electron chi connectivity index (χ1n) is 32.8. The summed E-state index contributed by atoms with van der Waals surface area (Å²) in [5, 5.41) is 86.6. The van der Waals surface area contributed by atoms with E-state index in [0.717, 1.165) is 57.8 Å². The molecule has 0 bridgehead atoms. The molecule has 0 radical (unpaired) electrons. The molecular formula is C63H123NO13. The topological polar surface area (TPSA) is 228 Å². The van der Waals surface area contributed by atoms with Crippen LogP contribution in [0.25, 0.3) is 0 Å². The highest BCUT2D eigenvalue weighted by Gasteiger charge is 2.51. The molecule has 2 aliphatic heterocycles. The predicted molar refractivity (Wildman–Crippen MR) is 309 cm³/mol. The van der Waals surface area contributed by atoms with Gasteiger partial charge < -0.3 is 65.1 Å². The lowest BCUT2D eigenvalue weighted by Crippen LogP contribution is -2.65. The van der Waals surface area contributed by atoms with E-state index in [0.29, 0.717) is 12.8 Å². The number of unbranched alkanes of at least 4 members (excludes halogenated alkanes) is 41. The summed E-state index contributed by atoms with van der Waals surface area (Å²) in [6.45, 7) is 2.79. The summed E-state index contributed by atoms with van der Waals surface area (Å²) in [6.07, 6.45) is 41.0. The van der Waals surface area contributed by atoms with E-state index >= 15 is 0 Å². The molecule has 0 aromatic carbocycles. The number of carbonyl (C=O) groups is 1. The number of amides is 1. The molecule has 0 aromatic rings. The highest BCUT2D eigenvalue weighted by atomic mass is 16.7. The first kappa shape index (κ1) is 72.1. The maximum Gasteiger partial charge on any atom is 0.220 e. The van der Waals surface area contributed by atoms with Gasteiger partial charge in [-0.1, -0.05) is 284 Å². The average molecular weight is 1100 g/mol. The van der Waals surface area contributed by atoms with Crippen LogP contribution in [0.4, 0.5) is 0 Å². The smallest absolute Gasteiger partial charge is 0.220 e. The third-order valence-corrected chi connectivity index (χ3v) is 16.6. The van der Waals surface area contributed by atoms with E-state index in [-0.39, 0.29) is 12.5 Å². The van der Waals surface area contributed by atoms with E-state index in [9.17, 15) is 45.6 Å². The molecule has 2 heterocycles. The van der Waals surface area contributed by atoms with E-state index in [1.54, 1.807) is 0 Å². The Kier molecular flexibility index (Phi) is 46.4. The van der Waals surface area contributed by atoms with Crippen molar-refractivity contribution in [1.29, 1.82) is 0 Å². The third-order valence-electron chi connectivity index (χ3n) is 16.6. The summed E-state index contributed by atoms with van der Waals surface area (Å²) < 4.78 is 22.7. The maximum absolute atomic E-state index is 13.1. The van der Waals surface area contributed by atoms with Crippen LogP contribution in [0.5, 0.6) is 0 Å². The van der Waals surface area contributed by atoms with Crippen LogP contribution in [0.1, 0.15) is 303 Å². The van der Waals surface area contributed by atoms with E-state index in [1.165, 1.54) is 218 Å². The molecule has 2 fully saturated rings. The number of aliphatic hydroxyl groups excluding tert-OH is 8. The summed E-state index contributed by atoms with van der Waals surface area (Å²) in [7, 11) is 0. The van der Waals surface area contributed by atoms with Gasteiger partial charge in [0.1, 0.15) is 48.8 Å². The minimum atomic E-state index is -1.78. The van der Waals surface area contributed by atoms with Crippen LogP contribution in [-0.4, -0.2) is 140 Å². The molecule has 14 nitrogen and oxygen atoms in total. The zero-order chi connectivity index (χ0) is 56.0. The molecular weight excluding hydrogens is 979 g/mol. The van der Waals surface area contributed by atoms with Crippen molar-refractivity contribution in [3.8, 4) is 0 Å². The molecule has 2 aliphatic rings. The summed E-state index contributed by atoms with van der Waals surface area (Å²) in [5.74, 6) is -0.207. The Morgan fingerprint density at radius 3 is 1.10 bits per heavy atom. The average Bonchev–Trinajstić information content (AvgIpc) is 3.43. The lowest BCUT2D eigenvalue weighted by atomic mass is 9.97. The van der Waals surface area contributed by atoms with Crippen LogP contribution in [0, 0.1) is 0 Å². The van der Waals surface area contributed by atoms with Crippen LogP contribution in [0.3, 0.4) is 0 Å². The minimum absolute atomic E-state index is 0.207. The highest BCUT2D eigenvalue weighted by Crippen LogP contribution is 2.30. The van der Waals surface area contributed by atoms with Crippen molar-refractivity contribution < 1.29 is 64.6 Å². The van der Waals surface area contributed by atoms with Crippen molar-refractivity contribution in [1.82, 2.24) is 5.32 Å². The van der Waals surface area contributed by atoms with Gasteiger partial charge in [0.05, 0.1) is 32.0 Å². The van der Waals surface area contributed by atoms with Gasteiger partial charge in [-0.25, -0.2) is 0 Å². The highest BCUT2D eigenvalue weighted by molar-refractivity contribution is 5.76. The first-order valence-corrected chi connectivity index (χ1v) is 32.8. The number of aliphatic hydroxyl groups is 8. The van der Waals surface area contributed by atoms with Crippen LogP contribution in [0.15, 0.2) is 0 Å². The number of hydrogen-bond donors (Lipinski definition) is 9. The fourth-order valence-electron chi connectivity index (χ4n) is 11.3. The van der Waals surface area contributed by atoms with E-state index < -0.39 is 86.8 Å². The van der Waals surface area contributed by atoms with Gasteiger partial charge in [-0.2, -0.15) is 0 Å². The first-order chi connectivity index (χ1) is 37.6. The van der Waals surface area contributed by atoms with E-state index in [1.807, 2.05) is 0 Å². The number of nitrogens with one attached hydrogen (secondary N) is 1. The molecule has 12 unspecified atom stereocenters. The Balaban J connectivity index is 1.45. The molecule has 0 aromatic heterocycles. The molecule has 0 spiro atoms.